The van der Waals surface area contributed by atoms with Crippen LogP contribution in [-0.4, -0.2) is 12.6 Å². The van der Waals surface area contributed by atoms with E-state index >= 15 is 0 Å². The first-order valence-corrected chi connectivity index (χ1v) is 7.40. The molecule has 0 bridgehead atoms. The Kier molecular flexibility index (Phi) is 4.99. The third-order valence-electron chi connectivity index (χ3n) is 4.31. The largest absolute Gasteiger partial charge is 0.312 e. The normalized spacial score (nSPS) is 24.3. The van der Waals surface area contributed by atoms with Crippen molar-refractivity contribution in [3.8, 4) is 6.07 Å². The minimum absolute atomic E-state index is 0.212. The molecule has 1 aliphatic carbocycles. The van der Waals surface area contributed by atoms with Crippen molar-refractivity contribution in [2.45, 2.75) is 45.1 Å². The fourth-order valence-electron chi connectivity index (χ4n) is 3.08. The van der Waals surface area contributed by atoms with Gasteiger partial charge in [-0.3, -0.25) is 0 Å². The molecule has 2 rings (SSSR count). The lowest BCUT2D eigenvalue weighted by Crippen LogP contribution is -2.36. The second-order valence-electron chi connectivity index (χ2n) is 5.94. The molecule has 1 fully saturated rings. The van der Waals surface area contributed by atoms with Crippen molar-refractivity contribution in [1.82, 2.24) is 5.32 Å². The molecule has 3 atom stereocenters. The quantitative estimate of drug-likeness (QED) is 0.871. The maximum absolute atomic E-state index is 9.14. The summed E-state index contributed by atoms with van der Waals surface area (Å²) < 4.78 is 0. The predicted molar refractivity (Wildman–Crippen MR) is 78.8 cm³/mol. The van der Waals surface area contributed by atoms with E-state index in [2.05, 4.69) is 55.6 Å². The predicted octanol–water partition coefficient (Wildman–Crippen LogP) is 3.71. The molecule has 102 valence electrons. The Balaban J connectivity index is 1.97. The fraction of sp³-hybridized carbons (Fsp3) is 0.588. The summed E-state index contributed by atoms with van der Waals surface area (Å²) in [6, 6.07) is 13.5. The summed E-state index contributed by atoms with van der Waals surface area (Å²) in [6.07, 6.45) is 3.40. The van der Waals surface area contributed by atoms with Crippen LogP contribution in [0.1, 0.15) is 44.6 Å². The highest BCUT2D eigenvalue weighted by atomic mass is 14.9. The van der Waals surface area contributed by atoms with Crippen LogP contribution in [0.5, 0.6) is 0 Å². The zero-order valence-electron chi connectivity index (χ0n) is 12.0. The molecule has 0 spiro atoms. The highest BCUT2D eigenvalue weighted by Crippen LogP contribution is 2.27. The molecule has 1 aromatic rings. The van der Waals surface area contributed by atoms with Crippen molar-refractivity contribution in [2.24, 2.45) is 11.8 Å². The molecule has 0 radical (unpaired) electrons. The Morgan fingerprint density at radius 2 is 2.00 bits per heavy atom. The first-order chi connectivity index (χ1) is 9.22. The summed E-state index contributed by atoms with van der Waals surface area (Å²) >= 11 is 0. The lowest BCUT2D eigenvalue weighted by molar-refractivity contribution is 0.399. The van der Waals surface area contributed by atoms with E-state index in [0.29, 0.717) is 17.9 Å². The van der Waals surface area contributed by atoms with Gasteiger partial charge in [0.2, 0.25) is 0 Å². The van der Waals surface area contributed by atoms with E-state index in [9.17, 15) is 0 Å². The first-order valence-electron chi connectivity index (χ1n) is 7.40. The van der Waals surface area contributed by atoms with Gasteiger partial charge in [-0.1, -0.05) is 50.6 Å². The summed E-state index contributed by atoms with van der Waals surface area (Å²) in [6.45, 7) is 5.52. The highest BCUT2D eigenvalue weighted by Gasteiger charge is 2.27. The minimum Gasteiger partial charge on any atom is -0.312 e. The van der Waals surface area contributed by atoms with Gasteiger partial charge in [0.25, 0.3) is 0 Å². The summed E-state index contributed by atoms with van der Waals surface area (Å²) in [5.41, 5.74) is 1.40. The summed E-state index contributed by atoms with van der Waals surface area (Å²) in [5.74, 6) is 1.35. The van der Waals surface area contributed by atoms with E-state index < -0.39 is 0 Å². The van der Waals surface area contributed by atoms with Gasteiger partial charge in [0.1, 0.15) is 0 Å². The minimum atomic E-state index is 0.212. The van der Waals surface area contributed by atoms with E-state index in [1.54, 1.807) is 0 Å². The molecule has 3 unspecified atom stereocenters. The van der Waals surface area contributed by atoms with Gasteiger partial charge in [-0.05, 0) is 30.2 Å². The van der Waals surface area contributed by atoms with Crippen molar-refractivity contribution in [2.75, 3.05) is 6.54 Å². The van der Waals surface area contributed by atoms with Crippen LogP contribution in [0, 0.1) is 23.2 Å². The number of nitriles is 1. The van der Waals surface area contributed by atoms with Gasteiger partial charge in [-0.25, -0.2) is 0 Å². The second-order valence-corrected chi connectivity index (χ2v) is 5.94. The Morgan fingerprint density at radius 1 is 1.26 bits per heavy atom. The SMILES string of the molecule is CC(C)C(CNC1CCCC1C#N)c1ccccc1. The summed E-state index contributed by atoms with van der Waals surface area (Å²) in [7, 11) is 0. The van der Waals surface area contributed by atoms with Crippen molar-refractivity contribution >= 4 is 0 Å². The van der Waals surface area contributed by atoms with Gasteiger partial charge in [-0.15, -0.1) is 0 Å². The molecule has 0 heterocycles. The van der Waals surface area contributed by atoms with Crippen molar-refractivity contribution in [3.05, 3.63) is 35.9 Å². The summed E-state index contributed by atoms with van der Waals surface area (Å²) in [4.78, 5) is 0. The maximum Gasteiger partial charge on any atom is 0.0672 e. The Hall–Kier alpha value is -1.33. The van der Waals surface area contributed by atoms with Crippen LogP contribution in [-0.2, 0) is 0 Å². The van der Waals surface area contributed by atoms with E-state index in [4.69, 9.17) is 5.26 Å². The smallest absolute Gasteiger partial charge is 0.0672 e. The zero-order chi connectivity index (χ0) is 13.7. The standard InChI is InChI=1S/C17H24N2/c1-13(2)16(14-7-4-3-5-8-14)12-19-17-10-6-9-15(17)11-18/h3-5,7-8,13,15-17,19H,6,9-10,12H2,1-2H3. The molecule has 1 aromatic carbocycles. The monoisotopic (exact) mass is 256 g/mol. The van der Waals surface area contributed by atoms with Gasteiger partial charge >= 0.3 is 0 Å². The molecule has 0 aromatic heterocycles. The third-order valence-corrected chi connectivity index (χ3v) is 4.31. The van der Waals surface area contributed by atoms with Gasteiger partial charge in [0.05, 0.1) is 12.0 Å². The summed E-state index contributed by atoms with van der Waals surface area (Å²) in [5, 5.41) is 12.8. The average molecular weight is 256 g/mol. The molecule has 1 aliphatic rings. The van der Waals surface area contributed by atoms with Crippen LogP contribution in [0.25, 0.3) is 0 Å². The maximum atomic E-state index is 9.14. The Labute approximate surface area is 116 Å². The van der Waals surface area contributed by atoms with E-state index in [0.717, 1.165) is 19.4 Å². The molecule has 1 saturated carbocycles. The number of hydrogen-bond donors (Lipinski definition) is 1. The average Bonchev–Trinajstić information content (AvgIpc) is 2.87. The highest BCUT2D eigenvalue weighted by molar-refractivity contribution is 5.20. The van der Waals surface area contributed by atoms with Crippen LogP contribution in [0.2, 0.25) is 0 Å². The fourth-order valence-corrected chi connectivity index (χ4v) is 3.08. The van der Waals surface area contributed by atoms with Crippen LogP contribution >= 0.6 is 0 Å². The van der Waals surface area contributed by atoms with Crippen LogP contribution in [0.4, 0.5) is 0 Å². The second kappa shape index (κ2) is 6.73. The molecule has 1 N–H and O–H groups in total. The molecule has 2 heteroatoms. The Bertz CT molecular complexity index is 419. The number of hydrogen-bond acceptors (Lipinski definition) is 2. The van der Waals surface area contributed by atoms with Gasteiger partial charge in [0, 0.05) is 12.6 Å². The van der Waals surface area contributed by atoms with E-state index in [-0.39, 0.29) is 5.92 Å². The van der Waals surface area contributed by atoms with Crippen LogP contribution in [0.15, 0.2) is 30.3 Å². The molecule has 2 nitrogen and oxygen atoms in total. The lowest BCUT2D eigenvalue weighted by Gasteiger charge is -2.25. The molecule has 0 saturated heterocycles. The molecule has 19 heavy (non-hydrogen) atoms. The third kappa shape index (κ3) is 3.58. The van der Waals surface area contributed by atoms with Gasteiger partial charge in [-0.2, -0.15) is 5.26 Å². The first kappa shape index (κ1) is 14.1. The zero-order valence-corrected chi connectivity index (χ0v) is 12.0. The van der Waals surface area contributed by atoms with Crippen molar-refractivity contribution < 1.29 is 0 Å². The van der Waals surface area contributed by atoms with Gasteiger partial charge < -0.3 is 5.32 Å². The Morgan fingerprint density at radius 3 is 2.63 bits per heavy atom. The van der Waals surface area contributed by atoms with Crippen molar-refractivity contribution in [1.29, 1.82) is 5.26 Å². The molecular formula is C17H24N2. The molecule has 0 aliphatic heterocycles. The lowest BCUT2D eigenvalue weighted by atomic mass is 9.88. The van der Waals surface area contributed by atoms with E-state index in [1.165, 1.54) is 12.0 Å². The number of nitrogens with zero attached hydrogens (tertiary/aromatic N) is 1. The van der Waals surface area contributed by atoms with E-state index in [1.807, 2.05) is 0 Å². The van der Waals surface area contributed by atoms with Crippen LogP contribution < -0.4 is 5.32 Å². The molecule has 0 amide bonds. The molecular weight excluding hydrogens is 232 g/mol. The van der Waals surface area contributed by atoms with Crippen LogP contribution in [0.3, 0.4) is 0 Å². The number of rotatable bonds is 5. The topological polar surface area (TPSA) is 35.8 Å². The van der Waals surface area contributed by atoms with Gasteiger partial charge in [0.15, 0.2) is 0 Å². The number of nitrogens with one attached hydrogen (secondary N) is 1. The number of benzene rings is 1. The van der Waals surface area contributed by atoms with Crippen molar-refractivity contribution in [3.63, 3.8) is 0 Å².